The molecule has 1 aliphatic rings. The van der Waals surface area contributed by atoms with Crippen molar-refractivity contribution in [1.29, 1.82) is 0 Å². The zero-order valence-corrected chi connectivity index (χ0v) is 14.2. The van der Waals surface area contributed by atoms with E-state index in [2.05, 4.69) is 10.6 Å². The lowest BCUT2D eigenvalue weighted by molar-refractivity contribution is -0.121. The van der Waals surface area contributed by atoms with Crippen molar-refractivity contribution in [3.05, 3.63) is 35.9 Å². The van der Waals surface area contributed by atoms with Gasteiger partial charge in [0.05, 0.1) is 6.54 Å². The first kappa shape index (κ1) is 18.1. The van der Waals surface area contributed by atoms with Gasteiger partial charge >= 0.3 is 6.03 Å². The number of rotatable bonds is 5. The number of ketones is 1. The van der Waals surface area contributed by atoms with Crippen molar-refractivity contribution in [2.75, 3.05) is 19.6 Å². The van der Waals surface area contributed by atoms with Gasteiger partial charge in [-0.25, -0.2) is 4.79 Å². The maximum atomic E-state index is 12.4. The van der Waals surface area contributed by atoms with Gasteiger partial charge in [-0.3, -0.25) is 19.8 Å². The minimum Gasteiger partial charge on any atom is -0.336 e. The van der Waals surface area contributed by atoms with Crippen LogP contribution in [0, 0.1) is 5.92 Å². The van der Waals surface area contributed by atoms with E-state index >= 15 is 0 Å². The minimum atomic E-state index is -0.468. The number of carbonyl (C=O) groups excluding carboxylic acids is 3. The van der Waals surface area contributed by atoms with Gasteiger partial charge in [0.15, 0.2) is 5.78 Å². The van der Waals surface area contributed by atoms with Gasteiger partial charge < -0.3 is 5.32 Å². The van der Waals surface area contributed by atoms with E-state index < -0.39 is 6.03 Å². The van der Waals surface area contributed by atoms with E-state index in [9.17, 15) is 14.4 Å². The van der Waals surface area contributed by atoms with E-state index in [-0.39, 0.29) is 30.2 Å². The Kier molecular flexibility index (Phi) is 6.49. The Morgan fingerprint density at radius 1 is 1.12 bits per heavy atom. The standard InChI is InChI=1S/C18H25N3O3/c1-13(2)19-18(24)20-16(22)12-21-10-8-15(9-11-21)17(23)14-6-4-3-5-7-14/h3-7,13,15H,8-12H2,1-2H3,(H2,19,20,22,24). The second-order valence-corrected chi connectivity index (χ2v) is 6.46. The smallest absolute Gasteiger partial charge is 0.321 e. The highest BCUT2D eigenvalue weighted by molar-refractivity contribution is 5.98. The van der Waals surface area contributed by atoms with E-state index in [0.29, 0.717) is 13.1 Å². The summed E-state index contributed by atoms with van der Waals surface area (Å²) in [6.07, 6.45) is 1.47. The maximum absolute atomic E-state index is 12.4. The molecule has 2 N–H and O–H groups in total. The van der Waals surface area contributed by atoms with Crippen LogP contribution in [0.3, 0.4) is 0 Å². The molecule has 24 heavy (non-hydrogen) atoms. The van der Waals surface area contributed by atoms with Gasteiger partial charge in [-0.2, -0.15) is 0 Å². The van der Waals surface area contributed by atoms with Crippen molar-refractivity contribution < 1.29 is 14.4 Å². The van der Waals surface area contributed by atoms with Gasteiger partial charge in [0.1, 0.15) is 0 Å². The Morgan fingerprint density at radius 2 is 1.75 bits per heavy atom. The Bertz CT molecular complexity index is 578. The van der Waals surface area contributed by atoms with Crippen LogP contribution in [0.2, 0.25) is 0 Å². The lowest BCUT2D eigenvalue weighted by Gasteiger charge is -2.30. The molecule has 0 atom stereocenters. The minimum absolute atomic E-state index is 0.0101. The van der Waals surface area contributed by atoms with Crippen molar-refractivity contribution >= 4 is 17.7 Å². The number of nitrogens with zero attached hydrogens (tertiary/aromatic N) is 1. The molecule has 0 bridgehead atoms. The van der Waals surface area contributed by atoms with E-state index in [4.69, 9.17) is 0 Å². The number of Topliss-reactive ketones (excluding diaryl/α,β-unsaturated/α-hetero) is 1. The number of nitrogens with one attached hydrogen (secondary N) is 2. The largest absolute Gasteiger partial charge is 0.336 e. The fourth-order valence-corrected chi connectivity index (χ4v) is 2.86. The molecule has 0 aromatic heterocycles. The molecule has 0 saturated carbocycles. The highest BCUT2D eigenvalue weighted by Crippen LogP contribution is 2.21. The Labute approximate surface area is 142 Å². The van der Waals surface area contributed by atoms with Crippen molar-refractivity contribution in [2.24, 2.45) is 5.92 Å². The summed E-state index contributed by atoms with van der Waals surface area (Å²) >= 11 is 0. The molecule has 6 heteroatoms. The van der Waals surface area contributed by atoms with Crippen LogP contribution in [0.25, 0.3) is 0 Å². The summed E-state index contributed by atoms with van der Waals surface area (Å²) in [4.78, 5) is 37.8. The lowest BCUT2D eigenvalue weighted by Crippen LogP contribution is -2.48. The summed E-state index contributed by atoms with van der Waals surface area (Å²) < 4.78 is 0. The van der Waals surface area contributed by atoms with Crippen LogP contribution in [0.1, 0.15) is 37.0 Å². The number of amides is 3. The zero-order chi connectivity index (χ0) is 17.5. The SMILES string of the molecule is CC(C)NC(=O)NC(=O)CN1CCC(C(=O)c2ccccc2)CC1. The van der Waals surface area contributed by atoms with Crippen LogP contribution in [-0.2, 0) is 4.79 Å². The second-order valence-electron chi connectivity index (χ2n) is 6.46. The molecule has 1 aromatic rings. The lowest BCUT2D eigenvalue weighted by atomic mass is 9.89. The van der Waals surface area contributed by atoms with Gasteiger partial charge in [0.25, 0.3) is 0 Å². The Morgan fingerprint density at radius 3 is 2.33 bits per heavy atom. The molecule has 0 aliphatic carbocycles. The van der Waals surface area contributed by atoms with Gasteiger partial charge in [-0.15, -0.1) is 0 Å². The Hall–Kier alpha value is -2.21. The number of hydrogen-bond acceptors (Lipinski definition) is 4. The molecule has 1 fully saturated rings. The molecule has 6 nitrogen and oxygen atoms in total. The van der Waals surface area contributed by atoms with Crippen LogP contribution >= 0.6 is 0 Å². The fourth-order valence-electron chi connectivity index (χ4n) is 2.86. The van der Waals surface area contributed by atoms with Crippen molar-refractivity contribution in [2.45, 2.75) is 32.7 Å². The highest BCUT2D eigenvalue weighted by Gasteiger charge is 2.26. The maximum Gasteiger partial charge on any atom is 0.321 e. The molecule has 130 valence electrons. The molecule has 0 unspecified atom stereocenters. The van der Waals surface area contributed by atoms with E-state index in [1.165, 1.54) is 0 Å². The molecule has 0 radical (unpaired) electrons. The third-order valence-electron chi connectivity index (χ3n) is 4.06. The van der Waals surface area contributed by atoms with Crippen LogP contribution < -0.4 is 10.6 Å². The van der Waals surface area contributed by atoms with Crippen LogP contribution in [0.4, 0.5) is 4.79 Å². The highest BCUT2D eigenvalue weighted by atomic mass is 16.2. The predicted octanol–water partition coefficient (Wildman–Crippen LogP) is 1.82. The molecule has 1 saturated heterocycles. The monoisotopic (exact) mass is 331 g/mol. The molecule has 1 aromatic carbocycles. The molecule has 3 amide bonds. The number of carbonyl (C=O) groups is 3. The fraction of sp³-hybridized carbons (Fsp3) is 0.500. The second kappa shape index (κ2) is 8.59. The van der Waals surface area contributed by atoms with E-state index in [1.54, 1.807) is 0 Å². The van der Waals surface area contributed by atoms with Gasteiger partial charge in [0.2, 0.25) is 5.91 Å². The van der Waals surface area contributed by atoms with Crippen molar-refractivity contribution in [3.63, 3.8) is 0 Å². The molecule has 1 aliphatic heterocycles. The predicted molar refractivity (Wildman–Crippen MR) is 91.7 cm³/mol. The molecule has 2 rings (SSSR count). The van der Waals surface area contributed by atoms with Gasteiger partial charge in [-0.1, -0.05) is 30.3 Å². The number of likely N-dealkylation sites (tertiary alicyclic amines) is 1. The molecular formula is C18H25N3O3. The topological polar surface area (TPSA) is 78.5 Å². The summed E-state index contributed by atoms with van der Waals surface area (Å²) in [5, 5.41) is 4.94. The molecule has 0 spiro atoms. The quantitative estimate of drug-likeness (QED) is 0.807. The number of hydrogen-bond donors (Lipinski definition) is 2. The Balaban J connectivity index is 1.75. The van der Waals surface area contributed by atoms with Crippen molar-refractivity contribution in [3.8, 4) is 0 Å². The first-order valence-corrected chi connectivity index (χ1v) is 8.37. The van der Waals surface area contributed by atoms with E-state index in [0.717, 1.165) is 18.4 Å². The number of piperidine rings is 1. The third-order valence-corrected chi connectivity index (χ3v) is 4.06. The summed E-state index contributed by atoms with van der Waals surface area (Å²) in [7, 11) is 0. The molecular weight excluding hydrogens is 306 g/mol. The number of urea groups is 1. The average molecular weight is 331 g/mol. The first-order chi connectivity index (χ1) is 11.5. The average Bonchev–Trinajstić information content (AvgIpc) is 2.54. The van der Waals surface area contributed by atoms with Gasteiger partial charge in [-0.05, 0) is 39.8 Å². The summed E-state index contributed by atoms with van der Waals surface area (Å²) in [6.45, 7) is 5.21. The number of imide groups is 1. The number of benzene rings is 1. The van der Waals surface area contributed by atoms with E-state index in [1.807, 2.05) is 49.1 Å². The third kappa shape index (κ3) is 5.45. The van der Waals surface area contributed by atoms with Crippen LogP contribution in [0.5, 0.6) is 0 Å². The van der Waals surface area contributed by atoms with Crippen LogP contribution in [0.15, 0.2) is 30.3 Å². The summed E-state index contributed by atoms with van der Waals surface area (Å²) in [5.41, 5.74) is 0.749. The van der Waals surface area contributed by atoms with Gasteiger partial charge in [0, 0.05) is 17.5 Å². The first-order valence-electron chi connectivity index (χ1n) is 8.37. The molecule has 1 heterocycles. The summed E-state index contributed by atoms with van der Waals surface area (Å²) in [5.74, 6) is -0.132. The normalized spacial score (nSPS) is 16.0. The van der Waals surface area contributed by atoms with Crippen LogP contribution in [-0.4, -0.2) is 48.3 Å². The van der Waals surface area contributed by atoms with Crippen molar-refractivity contribution in [1.82, 2.24) is 15.5 Å². The zero-order valence-electron chi connectivity index (χ0n) is 14.2. The summed E-state index contributed by atoms with van der Waals surface area (Å²) in [6, 6.07) is 8.84.